The predicted octanol–water partition coefficient (Wildman–Crippen LogP) is 3.15. The van der Waals surface area contributed by atoms with E-state index in [0.29, 0.717) is 29.2 Å². The lowest BCUT2D eigenvalue weighted by atomic mass is 10.2. The molecular weight excluding hydrogens is 494 g/mol. The number of amides is 1. The third-order valence-corrected chi connectivity index (χ3v) is 6.60. The number of piperazine rings is 1. The van der Waals surface area contributed by atoms with Crippen LogP contribution in [0.15, 0.2) is 84.4 Å². The summed E-state index contributed by atoms with van der Waals surface area (Å²) in [6.07, 6.45) is 4.07. The van der Waals surface area contributed by atoms with Gasteiger partial charge in [0, 0.05) is 73.9 Å². The normalized spacial score (nSPS) is 14.7. The molecule has 0 bridgehead atoms. The van der Waals surface area contributed by atoms with Gasteiger partial charge in [0.25, 0.3) is 0 Å². The summed E-state index contributed by atoms with van der Waals surface area (Å²) in [5, 5.41) is 16.0. The maximum absolute atomic E-state index is 12.5. The summed E-state index contributed by atoms with van der Waals surface area (Å²) in [4.78, 5) is 37.9. The van der Waals surface area contributed by atoms with Gasteiger partial charge >= 0.3 is 0 Å². The zero-order valence-corrected chi connectivity index (χ0v) is 21.7. The van der Waals surface area contributed by atoms with E-state index in [4.69, 9.17) is 0 Å². The molecule has 1 atom stereocenters. The number of pyridine rings is 1. The largest absolute Gasteiger partial charge is 0.392 e. The topological polar surface area (TPSA) is 116 Å². The summed E-state index contributed by atoms with van der Waals surface area (Å²) < 4.78 is 1.79. The number of benzene rings is 2. The zero-order valence-electron chi connectivity index (χ0n) is 21.7. The number of hydrogen-bond acceptors (Lipinski definition) is 8. The van der Waals surface area contributed by atoms with E-state index >= 15 is 0 Å². The van der Waals surface area contributed by atoms with Crippen LogP contribution in [-0.2, 0) is 4.79 Å². The Balaban J connectivity index is 1.35. The Morgan fingerprint density at radius 2 is 1.85 bits per heavy atom. The van der Waals surface area contributed by atoms with Crippen molar-refractivity contribution < 1.29 is 9.90 Å². The summed E-state index contributed by atoms with van der Waals surface area (Å²) >= 11 is 0. The fraction of sp³-hybridized carbons (Fsp3) is 0.241. The summed E-state index contributed by atoms with van der Waals surface area (Å²) in [7, 11) is 0. The first-order valence-electron chi connectivity index (χ1n) is 12.8. The van der Waals surface area contributed by atoms with Crippen molar-refractivity contribution in [2.45, 2.75) is 13.0 Å². The van der Waals surface area contributed by atoms with Gasteiger partial charge in [0.2, 0.25) is 11.9 Å². The Bertz CT molecular complexity index is 1540. The minimum absolute atomic E-state index is 0.179. The van der Waals surface area contributed by atoms with Gasteiger partial charge in [-0.1, -0.05) is 12.6 Å². The second kappa shape index (κ2) is 11.5. The van der Waals surface area contributed by atoms with E-state index in [1.807, 2.05) is 31.2 Å². The molecule has 200 valence electrons. The quantitative estimate of drug-likeness (QED) is 0.301. The average Bonchev–Trinajstić information content (AvgIpc) is 2.94. The number of carbonyl (C=O) groups excluding carboxylic acids is 1. The Morgan fingerprint density at radius 1 is 1.08 bits per heavy atom. The van der Waals surface area contributed by atoms with Crippen LogP contribution in [0, 0.1) is 0 Å². The third-order valence-electron chi connectivity index (χ3n) is 6.60. The molecule has 0 aliphatic carbocycles. The van der Waals surface area contributed by atoms with Crippen LogP contribution in [0.2, 0.25) is 0 Å². The molecule has 10 nitrogen and oxygen atoms in total. The molecule has 3 N–H and O–H groups in total. The second-order valence-corrected chi connectivity index (χ2v) is 9.53. The standard InChI is InChI=1S/C29H31N7O3/c1-3-27(39)31-22-5-4-6-24(17-22)36-12-11-26(38)25-18-30-29(33-28(25)36)32-21-7-9-23(10-8-21)35-15-13-34(14-16-35)19-20(2)37/h3-12,17-18,20,37H,1,13-16,19H2,2H3,(H,31,39)(H,30,32,33). The van der Waals surface area contributed by atoms with E-state index in [2.05, 4.69) is 49.1 Å². The van der Waals surface area contributed by atoms with E-state index in [9.17, 15) is 14.7 Å². The number of anilines is 4. The molecule has 1 amide bonds. The number of aliphatic hydroxyl groups is 1. The van der Waals surface area contributed by atoms with Crippen molar-refractivity contribution in [3.8, 4) is 5.69 Å². The molecule has 0 saturated carbocycles. The lowest BCUT2D eigenvalue weighted by Gasteiger charge is -2.36. The number of fused-ring (bicyclic) bond motifs is 1. The van der Waals surface area contributed by atoms with Gasteiger partial charge in [-0.05, 0) is 55.5 Å². The fourth-order valence-electron chi connectivity index (χ4n) is 4.68. The maximum Gasteiger partial charge on any atom is 0.247 e. The minimum atomic E-state index is -0.316. The van der Waals surface area contributed by atoms with E-state index in [0.717, 1.165) is 43.2 Å². The van der Waals surface area contributed by atoms with Crippen LogP contribution in [0.5, 0.6) is 0 Å². The summed E-state index contributed by atoms with van der Waals surface area (Å²) in [6.45, 7) is 9.65. The number of carbonyl (C=O) groups is 1. The van der Waals surface area contributed by atoms with Crippen LogP contribution in [0.25, 0.3) is 16.7 Å². The Kier molecular flexibility index (Phi) is 7.67. The molecule has 1 saturated heterocycles. The van der Waals surface area contributed by atoms with Gasteiger partial charge in [-0.2, -0.15) is 4.98 Å². The SMILES string of the molecule is C=CC(=O)Nc1cccc(-n2ccc(=O)c3cnc(Nc4ccc(N5CCN(CC(C)O)CC5)cc4)nc32)c1. The Morgan fingerprint density at radius 3 is 2.56 bits per heavy atom. The molecule has 2 aromatic heterocycles. The van der Waals surface area contributed by atoms with Crippen molar-refractivity contribution in [1.29, 1.82) is 0 Å². The lowest BCUT2D eigenvalue weighted by Crippen LogP contribution is -2.48. The summed E-state index contributed by atoms with van der Waals surface area (Å²) in [6, 6.07) is 16.8. The second-order valence-electron chi connectivity index (χ2n) is 9.53. The summed E-state index contributed by atoms with van der Waals surface area (Å²) in [5.74, 6) is 0.0489. The molecule has 39 heavy (non-hydrogen) atoms. The van der Waals surface area contributed by atoms with Gasteiger partial charge in [-0.25, -0.2) is 4.98 Å². The van der Waals surface area contributed by atoms with Crippen LogP contribution < -0.4 is 21.0 Å². The highest BCUT2D eigenvalue weighted by Gasteiger charge is 2.18. The number of aromatic nitrogens is 3. The number of aliphatic hydroxyl groups excluding tert-OH is 1. The van der Waals surface area contributed by atoms with Gasteiger partial charge < -0.3 is 25.2 Å². The molecule has 3 heterocycles. The molecule has 0 spiro atoms. The van der Waals surface area contributed by atoms with Crippen LogP contribution >= 0.6 is 0 Å². The van der Waals surface area contributed by atoms with Crippen molar-refractivity contribution in [2.75, 3.05) is 48.3 Å². The van der Waals surface area contributed by atoms with Crippen molar-refractivity contribution >= 4 is 40.0 Å². The number of nitrogens with zero attached hydrogens (tertiary/aromatic N) is 5. The van der Waals surface area contributed by atoms with Crippen LogP contribution in [0.3, 0.4) is 0 Å². The molecule has 5 rings (SSSR count). The molecule has 10 heteroatoms. The van der Waals surface area contributed by atoms with Crippen molar-refractivity contribution in [1.82, 2.24) is 19.4 Å². The molecule has 2 aromatic carbocycles. The monoisotopic (exact) mass is 525 g/mol. The lowest BCUT2D eigenvalue weighted by molar-refractivity contribution is -0.111. The molecule has 1 aliphatic heterocycles. The van der Waals surface area contributed by atoms with Crippen LogP contribution in [0.4, 0.5) is 23.0 Å². The number of β-amino-alcohol motifs (C(OH)–C–C–N with tert-alkyl or cyclic N) is 1. The van der Waals surface area contributed by atoms with E-state index in [1.54, 1.807) is 22.9 Å². The van der Waals surface area contributed by atoms with Gasteiger partial charge in [0.15, 0.2) is 11.1 Å². The van der Waals surface area contributed by atoms with E-state index in [-0.39, 0.29) is 17.4 Å². The zero-order chi connectivity index (χ0) is 27.4. The van der Waals surface area contributed by atoms with Gasteiger partial charge in [-0.15, -0.1) is 0 Å². The van der Waals surface area contributed by atoms with Crippen molar-refractivity contribution in [3.05, 3.63) is 89.9 Å². The van der Waals surface area contributed by atoms with Gasteiger partial charge in [0.05, 0.1) is 11.5 Å². The number of hydrogen-bond donors (Lipinski definition) is 3. The number of rotatable bonds is 8. The van der Waals surface area contributed by atoms with E-state index < -0.39 is 0 Å². The highest BCUT2D eigenvalue weighted by Crippen LogP contribution is 2.23. The third kappa shape index (κ3) is 6.14. The minimum Gasteiger partial charge on any atom is -0.392 e. The van der Waals surface area contributed by atoms with Crippen molar-refractivity contribution in [3.63, 3.8) is 0 Å². The first-order valence-corrected chi connectivity index (χ1v) is 12.8. The molecule has 1 unspecified atom stereocenters. The Hall–Kier alpha value is -4.54. The first-order chi connectivity index (χ1) is 18.9. The smallest absolute Gasteiger partial charge is 0.247 e. The molecule has 4 aromatic rings. The first kappa shape index (κ1) is 26.1. The molecule has 1 fully saturated rings. The fourth-order valence-corrected chi connectivity index (χ4v) is 4.68. The van der Waals surface area contributed by atoms with Gasteiger partial charge in [-0.3, -0.25) is 14.5 Å². The molecular formula is C29H31N7O3. The molecule has 0 radical (unpaired) electrons. The van der Waals surface area contributed by atoms with Crippen LogP contribution in [-0.4, -0.2) is 69.3 Å². The van der Waals surface area contributed by atoms with E-state index in [1.165, 1.54) is 18.3 Å². The van der Waals surface area contributed by atoms with Crippen LogP contribution in [0.1, 0.15) is 6.92 Å². The molecule has 1 aliphatic rings. The summed E-state index contributed by atoms with van der Waals surface area (Å²) in [5.41, 5.74) is 3.55. The maximum atomic E-state index is 12.5. The highest BCUT2D eigenvalue weighted by atomic mass is 16.3. The van der Waals surface area contributed by atoms with Crippen molar-refractivity contribution in [2.24, 2.45) is 0 Å². The number of nitrogens with one attached hydrogen (secondary N) is 2. The van der Waals surface area contributed by atoms with Gasteiger partial charge in [0.1, 0.15) is 0 Å². The average molecular weight is 526 g/mol. The Labute approximate surface area is 226 Å². The predicted molar refractivity (Wildman–Crippen MR) is 154 cm³/mol. The highest BCUT2D eigenvalue weighted by molar-refractivity contribution is 5.99.